The van der Waals surface area contributed by atoms with Gasteiger partial charge in [-0.25, -0.2) is 4.39 Å². The number of carbonyl (C=O) groups excluding carboxylic acids is 1. The zero-order valence-electron chi connectivity index (χ0n) is 11.4. The molecule has 20 heavy (non-hydrogen) atoms. The smallest absolute Gasteiger partial charge is 0.310 e. The van der Waals surface area contributed by atoms with Gasteiger partial charge in [0, 0.05) is 16.3 Å². The van der Waals surface area contributed by atoms with E-state index in [0.29, 0.717) is 12.2 Å². The van der Waals surface area contributed by atoms with Crippen LogP contribution in [0.15, 0.2) is 30.3 Å². The number of methoxy groups -OCH3 is 1. The SMILES string of the molecule is COC(=O)Cc1ccc(CNc2cc(C)ccc2F)s1. The second-order valence-electron chi connectivity index (χ2n) is 4.46. The quantitative estimate of drug-likeness (QED) is 0.857. The maximum absolute atomic E-state index is 13.6. The highest BCUT2D eigenvalue weighted by Crippen LogP contribution is 2.21. The van der Waals surface area contributed by atoms with Gasteiger partial charge in [-0.1, -0.05) is 6.07 Å². The van der Waals surface area contributed by atoms with E-state index in [0.717, 1.165) is 15.3 Å². The molecule has 0 aliphatic heterocycles. The largest absolute Gasteiger partial charge is 0.469 e. The lowest BCUT2D eigenvalue weighted by atomic mass is 10.2. The van der Waals surface area contributed by atoms with E-state index in [9.17, 15) is 9.18 Å². The van der Waals surface area contributed by atoms with Crippen molar-refractivity contribution in [2.45, 2.75) is 19.9 Å². The molecule has 0 atom stereocenters. The number of aryl methyl sites for hydroxylation is 1. The van der Waals surface area contributed by atoms with Crippen molar-refractivity contribution in [1.82, 2.24) is 0 Å². The van der Waals surface area contributed by atoms with Gasteiger partial charge in [0.1, 0.15) is 5.82 Å². The van der Waals surface area contributed by atoms with Gasteiger partial charge >= 0.3 is 5.97 Å². The normalized spacial score (nSPS) is 10.3. The highest BCUT2D eigenvalue weighted by Gasteiger charge is 2.07. The van der Waals surface area contributed by atoms with Crippen molar-refractivity contribution in [3.63, 3.8) is 0 Å². The number of anilines is 1. The van der Waals surface area contributed by atoms with Gasteiger partial charge in [-0.15, -0.1) is 11.3 Å². The van der Waals surface area contributed by atoms with Crippen LogP contribution in [-0.4, -0.2) is 13.1 Å². The number of hydrogen-bond donors (Lipinski definition) is 1. The summed E-state index contributed by atoms with van der Waals surface area (Å²) >= 11 is 1.52. The number of rotatable bonds is 5. The molecule has 106 valence electrons. The van der Waals surface area contributed by atoms with Crippen molar-refractivity contribution in [1.29, 1.82) is 0 Å². The number of carbonyl (C=O) groups is 1. The fourth-order valence-corrected chi connectivity index (χ4v) is 2.73. The number of halogens is 1. The Balaban J connectivity index is 1.97. The summed E-state index contributed by atoms with van der Waals surface area (Å²) in [4.78, 5) is 13.2. The van der Waals surface area contributed by atoms with Crippen LogP contribution in [0.3, 0.4) is 0 Å². The average molecular weight is 293 g/mol. The van der Waals surface area contributed by atoms with E-state index in [4.69, 9.17) is 0 Å². The molecule has 1 aromatic heterocycles. The summed E-state index contributed by atoms with van der Waals surface area (Å²) in [5, 5.41) is 3.07. The number of nitrogens with one attached hydrogen (secondary N) is 1. The van der Waals surface area contributed by atoms with Gasteiger partial charge in [0.2, 0.25) is 0 Å². The van der Waals surface area contributed by atoms with E-state index in [1.807, 2.05) is 19.1 Å². The van der Waals surface area contributed by atoms with Gasteiger partial charge < -0.3 is 10.1 Å². The first-order valence-electron chi connectivity index (χ1n) is 6.23. The van der Waals surface area contributed by atoms with Crippen LogP contribution in [-0.2, 0) is 22.5 Å². The molecule has 0 saturated heterocycles. The molecule has 1 N–H and O–H groups in total. The Labute approximate surface area is 121 Å². The van der Waals surface area contributed by atoms with Gasteiger partial charge in [-0.3, -0.25) is 4.79 Å². The lowest BCUT2D eigenvalue weighted by molar-refractivity contribution is -0.139. The number of ether oxygens (including phenoxy) is 1. The fourth-order valence-electron chi connectivity index (χ4n) is 1.78. The number of esters is 1. The molecule has 1 heterocycles. The predicted molar refractivity (Wildman–Crippen MR) is 78.5 cm³/mol. The number of benzene rings is 1. The van der Waals surface area contributed by atoms with E-state index < -0.39 is 0 Å². The standard InChI is InChI=1S/C15H16FNO2S/c1-10-3-6-13(16)14(7-10)17-9-12-5-4-11(20-12)8-15(18)19-2/h3-7,17H,8-9H2,1-2H3. The first kappa shape index (κ1) is 14.5. The molecule has 0 radical (unpaired) electrons. The van der Waals surface area contributed by atoms with Crippen LogP contribution in [0.2, 0.25) is 0 Å². The fraction of sp³-hybridized carbons (Fsp3) is 0.267. The van der Waals surface area contributed by atoms with Crippen LogP contribution in [0.25, 0.3) is 0 Å². The zero-order valence-corrected chi connectivity index (χ0v) is 12.2. The van der Waals surface area contributed by atoms with E-state index in [2.05, 4.69) is 10.1 Å². The minimum Gasteiger partial charge on any atom is -0.469 e. The first-order chi connectivity index (χ1) is 9.58. The van der Waals surface area contributed by atoms with Crippen LogP contribution in [0, 0.1) is 12.7 Å². The number of thiophene rings is 1. The Morgan fingerprint density at radius 1 is 1.30 bits per heavy atom. The first-order valence-corrected chi connectivity index (χ1v) is 7.04. The monoisotopic (exact) mass is 293 g/mol. The summed E-state index contributed by atoms with van der Waals surface area (Å²) < 4.78 is 18.2. The average Bonchev–Trinajstić information content (AvgIpc) is 2.87. The Bertz CT molecular complexity index is 610. The summed E-state index contributed by atoms with van der Waals surface area (Å²) in [6.07, 6.45) is 0.278. The highest BCUT2D eigenvalue weighted by molar-refractivity contribution is 7.12. The molecule has 0 unspecified atom stereocenters. The summed E-state index contributed by atoms with van der Waals surface area (Å²) in [5.41, 5.74) is 1.50. The lowest BCUT2D eigenvalue weighted by Gasteiger charge is -2.07. The van der Waals surface area contributed by atoms with Crippen LogP contribution in [0.5, 0.6) is 0 Å². The van der Waals surface area contributed by atoms with E-state index in [-0.39, 0.29) is 18.2 Å². The molecule has 1 aromatic carbocycles. The maximum atomic E-state index is 13.6. The Kier molecular flexibility index (Phi) is 4.74. The Morgan fingerprint density at radius 2 is 2.05 bits per heavy atom. The zero-order chi connectivity index (χ0) is 14.5. The molecule has 0 spiro atoms. The molecular formula is C15H16FNO2S. The van der Waals surface area contributed by atoms with Crippen molar-refractivity contribution in [2.75, 3.05) is 12.4 Å². The molecule has 0 saturated carbocycles. The van der Waals surface area contributed by atoms with Gasteiger partial charge in [0.05, 0.1) is 19.2 Å². The summed E-state index contributed by atoms with van der Waals surface area (Å²) in [6.45, 7) is 2.45. The minimum atomic E-state index is -0.262. The molecule has 0 fully saturated rings. The van der Waals surface area contributed by atoms with Gasteiger partial charge in [-0.05, 0) is 36.8 Å². The lowest BCUT2D eigenvalue weighted by Crippen LogP contribution is -2.02. The Hall–Kier alpha value is -1.88. The summed E-state index contributed by atoms with van der Waals surface area (Å²) in [5.74, 6) is -0.516. The van der Waals surface area contributed by atoms with Crippen molar-refractivity contribution in [2.24, 2.45) is 0 Å². The third kappa shape index (κ3) is 3.81. The van der Waals surface area contributed by atoms with Crippen LogP contribution in [0.1, 0.15) is 15.3 Å². The van der Waals surface area contributed by atoms with Crippen LogP contribution >= 0.6 is 11.3 Å². The van der Waals surface area contributed by atoms with Gasteiger partial charge in [0.25, 0.3) is 0 Å². The van der Waals surface area contributed by atoms with Crippen molar-refractivity contribution >= 4 is 23.0 Å². The summed E-state index contributed by atoms with van der Waals surface area (Å²) in [7, 11) is 1.37. The molecule has 0 aliphatic rings. The molecular weight excluding hydrogens is 277 g/mol. The second-order valence-corrected chi connectivity index (χ2v) is 5.71. The van der Waals surface area contributed by atoms with Crippen LogP contribution in [0.4, 0.5) is 10.1 Å². The second kappa shape index (κ2) is 6.52. The van der Waals surface area contributed by atoms with Gasteiger partial charge in [-0.2, -0.15) is 0 Å². The topological polar surface area (TPSA) is 38.3 Å². The molecule has 2 rings (SSSR count). The van der Waals surface area contributed by atoms with E-state index in [1.165, 1.54) is 24.5 Å². The van der Waals surface area contributed by atoms with E-state index >= 15 is 0 Å². The van der Waals surface area contributed by atoms with Crippen molar-refractivity contribution < 1.29 is 13.9 Å². The van der Waals surface area contributed by atoms with E-state index in [1.54, 1.807) is 12.1 Å². The van der Waals surface area contributed by atoms with Crippen LogP contribution < -0.4 is 5.32 Å². The van der Waals surface area contributed by atoms with Crippen molar-refractivity contribution in [3.8, 4) is 0 Å². The third-order valence-electron chi connectivity index (χ3n) is 2.84. The maximum Gasteiger partial charge on any atom is 0.310 e. The van der Waals surface area contributed by atoms with Crippen molar-refractivity contribution in [3.05, 3.63) is 51.5 Å². The molecule has 0 bridgehead atoms. The predicted octanol–water partition coefficient (Wildman–Crippen LogP) is 3.52. The summed E-state index contributed by atoms with van der Waals surface area (Å²) in [6, 6.07) is 8.79. The highest BCUT2D eigenvalue weighted by atomic mass is 32.1. The molecule has 5 heteroatoms. The minimum absolute atomic E-state index is 0.254. The molecule has 3 nitrogen and oxygen atoms in total. The number of hydrogen-bond acceptors (Lipinski definition) is 4. The molecule has 0 amide bonds. The molecule has 0 aliphatic carbocycles. The molecule has 2 aromatic rings. The van der Waals surface area contributed by atoms with Gasteiger partial charge in [0.15, 0.2) is 0 Å². The Morgan fingerprint density at radius 3 is 2.80 bits per heavy atom. The third-order valence-corrected chi connectivity index (χ3v) is 3.92.